The van der Waals surface area contributed by atoms with Gasteiger partial charge in [-0.05, 0) is 62.6 Å². The minimum atomic E-state index is 0.216. The van der Waals surface area contributed by atoms with Crippen LogP contribution in [0.1, 0.15) is 29.8 Å². The number of fused-ring (bicyclic) bond motifs is 1. The van der Waals surface area contributed by atoms with Crippen molar-refractivity contribution in [2.75, 3.05) is 13.1 Å². The Morgan fingerprint density at radius 3 is 2.72 bits per heavy atom. The average Bonchev–Trinajstić information content (AvgIpc) is 3.51. The van der Waals surface area contributed by atoms with Gasteiger partial charge in [-0.3, -0.25) is 19.8 Å². The number of likely N-dealkylation sites (tertiary alicyclic amines) is 1. The molecule has 0 aliphatic carbocycles. The number of allylic oxidation sites excluding steroid dienone is 1. The van der Waals surface area contributed by atoms with Crippen LogP contribution < -0.4 is 5.73 Å². The topological polar surface area (TPSA) is 102 Å². The van der Waals surface area contributed by atoms with Crippen LogP contribution in [0.15, 0.2) is 78.3 Å². The number of aromatic nitrogens is 4. The van der Waals surface area contributed by atoms with Crippen molar-refractivity contribution in [1.29, 1.82) is 0 Å². The van der Waals surface area contributed by atoms with E-state index in [4.69, 9.17) is 5.73 Å². The number of aliphatic imine (C=N–C) groups is 1. The summed E-state index contributed by atoms with van der Waals surface area (Å²) in [5.74, 6) is 0. The molecular formula is C28H31N7O. The Balaban J connectivity index is 0.000000173. The van der Waals surface area contributed by atoms with Gasteiger partial charge in [-0.25, -0.2) is 4.52 Å². The molecule has 4 aromatic heterocycles. The number of carbonyl (C=O) groups excluding carboxylic acids is 1. The second-order valence-corrected chi connectivity index (χ2v) is 8.68. The van der Waals surface area contributed by atoms with Crippen molar-refractivity contribution < 1.29 is 4.79 Å². The van der Waals surface area contributed by atoms with Gasteiger partial charge < -0.3 is 10.6 Å². The Morgan fingerprint density at radius 2 is 2.00 bits per heavy atom. The van der Waals surface area contributed by atoms with Crippen molar-refractivity contribution >= 4 is 23.7 Å². The van der Waals surface area contributed by atoms with Crippen LogP contribution in [-0.4, -0.2) is 56.2 Å². The van der Waals surface area contributed by atoms with Crippen molar-refractivity contribution in [2.24, 2.45) is 10.7 Å². The molecule has 1 fully saturated rings. The normalized spacial score (nSPS) is 15.8. The third-order valence-corrected chi connectivity index (χ3v) is 6.13. The van der Waals surface area contributed by atoms with Crippen LogP contribution in [0.3, 0.4) is 0 Å². The van der Waals surface area contributed by atoms with Gasteiger partial charge in [0.05, 0.1) is 35.2 Å². The van der Waals surface area contributed by atoms with Gasteiger partial charge in [0.2, 0.25) is 6.41 Å². The van der Waals surface area contributed by atoms with E-state index in [-0.39, 0.29) is 6.04 Å². The summed E-state index contributed by atoms with van der Waals surface area (Å²) >= 11 is 0. The molecule has 5 heterocycles. The van der Waals surface area contributed by atoms with E-state index >= 15 is 0 Å². The number of amides is 1. The van der Waals surface area contributed by atoms with E-state index in [1.165, 1.54) is 6.20 Å². The molecule has 8 nitrogen and oxygen atoms in total. The summed E-state index contributed by atoms with van der Waals surface area (Å²) in [5, 5.41) is 4.47. The molecular weight excluding hydrogens is 450 g/mol. The smallest absolute Gasteiger partial charge is 0.210 e. The molecule has 0 bridgehead atoms. The van der Waals surface area contributed by atoms with E-state index in [0.29, 0.717) is 6.54 Å². The van der Waals surface area contributed by atoms with Crippen molar-refractivity contribution in [3.8, 4) is 11.3 Å². The lowest BCUT2D eigenvalue weighted by atomic mass is 10.1. The number of hydrogen-bond donors (Lipinski definition) is 1. The molecule has 5 rings (SSSR count). The van der Waals surface area contributed by atoms with Gasteiger partial charge in [-0.2, -0.15) is 5.10 Å². The second kappa shape index (κ2) is 11.9. The quantitative estimate of drug-likeness (QED) is 0.330. The van der Waals surface area contributed by atoms with Gasteiger partial charge in [0.1, 0.15) is 0 Å². The minimum absolute atomic E-state index is 0.216. The predicted octanol–water partition coefficient (Wildman–Crippen LogP) is 4.09. The second-order valence-electron chi connectivity index (χ2n) is 8.68. The highest BCUT2D eigenvalue weighted by Gasteiger charge is 2.22. The highest BCUT2D eigenvalue weighted by Crippen LogP contribution is 2.25. The van der Waals surface area contributed by atoms with Crippen molar-refractivity contribution in [3.05, 3.63) is 90.3 Å². The van der Waals surface area contributed by atoms with Crippen molar-refractivity contribution in [3.63, 3.8) is 0 Å². The van der Waals surface area contributed by atoms with Crippen LogP contribution in [0.2, 0.25) is 0 Å². The largest absolute Gasteiger partial charge is 0.404 e. The number of nitrogens with zero attached hydrogens (tertiary/aromatic N) is 6. The maximum absolute atomic E-state index is 10.9. The number of aryl methyl sites for hydroxylation is 2. The molecule has 4 aromatic rings. The first kappa shape index (κ1) is 24.8. The third-order valence-electron chi connectivity index (χ3n) is 6.13. The van der Waals surface area contributed by atoms with E-state index in [9.17, 15) is 4.79 Å². The Hall–Kier alpha value is -4.33. The molecule has 1 aliphatic heterocycles. The van der Waals surface area contributed by atoms with Crippen LogP contribution in [-0.2, 0) is 4.79 Å². The van der Waals surface area contributed by atoms with Gasteiger partial charge >= 0.3 is 0 Å². The van der Waals surface area contributed by atoms with Gasteiger partial charge in [0.15, 0.2) is 0 Å². The van der Waals surface area contributed by atoms with Crippen LogP contribution in [0.4, 0.5) is 0 Å². The maximum Gasteiger partial charge on any atom is 0.210 e. The molecule has 1 amide bonds. The lowest BCUT2D eigenvalue weighted by molar-refractivity contribution is -0.118. The Morgan fingerprint density at radius 1 is 1.14 bits per heavy atom. The third kappa shape index (κ3) is 5.83. The lowest BCUT2D eigenvalue weighted by Crippen LogP contribution is -2.30. The zero-order valence-electron chi connectivity index (χ0n) is 20.7. The summed E-state index contributed by atoms with van der Waals surface area (Å²) in [5.41, 5.74) is 12.5. The Kier molecular flexibility index (Phi) is 8.18. The van der Waals surface area contributed by atoms with Crippen LogP contribution in [0, 0.1) is 13.8 Å². The molecule has 1 aliphatic rings. The van der Waals surface area contributed by atoms with E-state index in [1.807, 2.05) is 71.9 Å². The van der Waals surface area contributed by atoms with Gasteiger partial charge in [-0.1, -0.05) is 18.2 Å². The molecule has 0 spiro atoms. The summed E-state index contributed by atoms with van der Waals surface area (Å²) in [6.07, 6.45) is 11.8. The Bertz CT molecular complexity index is 1340. The molecule has 0 saturated carbocycles. The van der Waals surface area contributed by atoms with Gasteiger partial charge in [0.25, 0.3) is 0 Å². The molecule has 2 N–H and O–H groups in total. The number of pyridine rings is 3. The Labute approximate surface area is 211 Å². The SMILES string of the molecule is Cc1ccc(/C(C=NCC2CCCN2C=O)=C/N)nc1.Cc1nn2ccccc2c1-c1ccccn1. The summed E-state index contributed by atoms with van der Waals surface area (Å²) in [4.78, 5) is 25.8. The first-order valence-corrected chi connectivity index (χ1v) is 12.0. The van der Waals surface area contributed by atoms with Crippen LogP contribution >= 0.6 is 0 Å². The monoisotopic (exact) mass is 481 g/mol. The number of hydrogen-bond acceptors (Lipinski definition) is 6. The van der Waals surface area contributed by atoms with Gasteiger partial charge in [0, 0.05) is 48.7 Å². The molecule has 0 radical (unpaired) electrons. The molecule has 8 heteroatoms. The highest BCUT2D eigenvalue weighted by atomic mass is 16.1. The fourth-order valence-electron chi connectivity index (χ4n) is 4.24. The lowest BCUT2D eigenvalue weighted by Gasteiger charge is -2.17. The van der Waals surface area contributed by atoms with E-state index in [2.05, 4.69) is 26.1 Å². The fraction of sp³-hybridized carbons (Fsp3) is 0.250. The van der Waals surface area contributed by atoms with E-state index in [0.717, 1.165) is 65.1 Å². The molecule has 1 unspecified atom stereocenters. The van der Waals surface area contributed by atoms with Crippen LogP contribution in [0.25, 0.3) is 22.3 Å². The summed E-state index contributed by atoms with van der Waals surface area (Å²) in [7, 11) is 0. The van der Waals surface area contributed by atoms with Crippen molar-refractivity contribution in [1.82, 2.24) is 24.5 Å². The molecule has 184 valence electrons. The molecule has 36 heavy (non-hydrogen) atoms. The predicted molar refractivity (Wildman–Crippen MR) is 143 cm³/mol. The number of nitrogens with two attached hydrogens (primary N) is 1. The van der Waals surface area contributed by atoms with Crippen LogP contribution in [0.5, 0.6) is 0 Å². The zero-order valence-corrected chi connectivity index (χ0v) is 20.7. The average molecular weight is 482 g/mol. The summed E-state index contributed by atoms with van der Waals surface area (Å²) in [6, 6.07) is 16.1. The minimum Gasteiger partial charge on any atom is -0.404 e. The zero-order chi connectivity index (χ0) is 25.3. The first-order valence-electron chi connectivity index (χ1n) is 12.0. The standard InChI is InChI=1S/C15H20N4O.C13H11N3/c1-12-4-5-15(18-8-12)13(7-16)9-17-10-14-3-2-6-19(14)11-20;1-10-13(11-6-2-4-8-14-11)12-7-3-5-9-16(12)15-10/h4-5,7-9,11,14H,2-3,6,10,16H2,1H3;2-9H,1H3/b13-7+,17-9?;. The van der Waals surface area contributed by atoms with Gasteiger partial charge in [-0.15, -0.1) is 0 Å². The summed E-state index contributed by atoms with van der Waals surface area (Å²) < 4.78 is 1.89. The van der Waals surface area contributed by atoms with E-state index in [1.54, 1.807) is 18.6 Å². The van der Waals surface area contributed by atoms with Crippen molar-refractivity contribution in [2.45, 2.75) is 32.7 Å². The first-order chi connectivity index (χ1) is 17.6. The summed E-state index contributed by atoms with van der Waals surface area (Å²) in [6.45, 7) is 5.45. The number of carbonyl (C=O) groups is 1. The fourth-order valence-corrected chi connectivity index (χ4v) is 4.24. The molecule has 0 aromatic carbocycles. The highest BCUT2D eigenvalue weighted by molar-refractivity contribution is 6.08. The molecule has 1 atom stereocenters. The molecule has 1 saturated heterocycles. The van der Waals surface area contributed by atoms with E-state index < -0.39 is 0 Å². The maximum atomic E-state index is 10.9. The number of rotatable bonds is 6.